The van der Waals surface area contributed by atoms with Crippen molar-refractivity contribution < 1.29 is 9.53 Å². The van der Waals surface area contributed by atoms with E-state index in [2.05, 4.69) is 10.3 Å². The molecule has 0 heterocycles. The number of para-hydroxylation sites is 1. The Hall–Kier alpha value is -2.24. The number of likely N-dealkylation sites (N-methyl/N-ethyl adjacent to an activating group) is 2. The Balaban J connectivity index is 2.54. The second-order valence-electron chi connectivity index (χ2n) is 5.49. The molecule has 0 aromatic heterocycles. The van der Waals surface area contributed by atoms with Crippen molar-refractivity contribution in [3.05, 3.63) is 29.8 Å². The van der Waals surface area contributed by atoms with Crippen molar-refractivity contribution in [3.8, 4) is 5.75 Å². The molecular weight excluding hydrogens is 292 g/mol. The fourth-order valence-corrected chi connectivity index (χ4v) is 1.87. The van der Waals surface area contributed by atoms with E-state index in [9.17, 15) is 4.79 Å². The minimum Gasteiger partial charge on any atom is -0.491 e. The molecule has 0 fully saturated rings. The lowest BCUT2D eigenvalue weighted by molar-refractivity contribution is -0.127. The third-order valence-corrected chi connectivity index (χ3v) is 3.34. The molecule has 23 heavy (non-hydrogen) atoms. The number of aryl methyl sites for hydroxylation is 1. The fraction of sp³-hybridized carbons (Fsp3) is 0.529. The highest BCUT2D eigenvalue weighted by Crippen LogP contribution is 2.15. The van der Waals surface area contributed by atoms with Crippen LogP contribution >= 0.6 is 0 Å². The smallest absolute Gasteiger partial charge is 0.243 e. The lowest BCUT2D eigenvalue weighted by atomic mass is 10.2. The van der Waals surface area contributed by atoms with Gasteiger partial charge in [0.05, 0.1) is 6.54 Å². The molecule has 0 bridgehead atoms. The van der Waals surface area contributed by atoms with Crippen molar-refractivity contribution in [3.63, 3.8) is 0 Å². The number of aliphatic imine (C=N–C) groups is 1. The molecule has 6 heteroatoms. The third kappa shape index (κ3) is 6.59. The molecule has 0 saturated heterocycles. The number of ether oxygens (including phenoxy) is 1. The molecule has 128 valence electrons. The van der Waals surface area contributed by atoms with Gasteiger partial charge in [-0.25, -0.2) is 4.99 Å². The molecule has 1 aromatic carbocycles. The number of nitrogens with one attached hydrogen (secondary N) is 1. The highest BCUT2D eigenvalue weighted by molar-refractivity contribution is 5.84. The topological polar surface area (TPSA) is 57.2 Å². The van der Waals surface area contributed by atoms with Crippen molar-refractivity contribution >= 4 is 11.9 Å². The van der Waals surface area contributed by atoms with Crippen molar-refractivity contribution in [1.82, 2.24) is 15.1 Å². The van der Waals surface area contributed by atoms with Gasteiger partial charge in [-0.1, -0.05) is 18.2 Å². The summed E-state index contributed by atoms with van der Waals surface area (Å²) in [5.41, 5.74) is 1.12. The lowest BCUT2D eigenvalue weighted by Crippen LogP contribution is -2.41. The van der Waals surface area contributed by atoms with Crippen LogP contribution in [0.2, 0.25) is 0 Å². The molecule has 0 atom stereocenters. The number of carbonyl (C=O) groups is 1. The van der Waals surface area contributed by atoms with Crippen molar-refractivity contribution in [2.45, 2.75) is 13.8 Å². The number of rotatable bonds is 7. The maximum absolute atomic E-state index is 11.7. The highest BCUT2D eigenvalue weighted by Gasteiger charge is 2.08. The molecule has 1 aromatic rings. The van der Waals surface area contributed by atoms with E-state index in [0.29, 0.717) is 19.1 Å². The quantitative estimate of drug-likeness (QED) is 0.609. The molecule has 0 aliphatic carbocycles. The molecule has 0 saturated carbocycles. The van der Waals surface area contributed by atoms with E-state index in [1.807, 2.05) is 50.1 Å². The molecule has 0 aliphatic heterocycles. The number of hydrogen-bond donors (Lipinski definition) is 1. The van der Waals surface area contributed by atoms with Crippen LogP contribution in [0.15, 0.2) is 29.3 Å². The molecule has 0 radical (unpaired) electrons. The van der Waals surface area contributed by atoms with Crippen LogP contribution in [0, 0.1) is 6.92 Å². The van der Waals surface area contributed by atoms with Gasteiger partial charge in [-0.2, -0.15) is 0 Å². The summed E-state index contributed by atoms with van der Waals surface area (Å²) in [5, 5.41) is 3.19. The minimum atomic E-state index is -0.0232. The molecule has 1 rings (SSSR count). The Morgan fingerprint density at radius 3 is 2.57 bits per heavy atom. The Morgan fingerprint density at radius 2 is 1.96 bits per heavy atom. The first-order valence-electron chi connectivity index (χ1n) is 7.83. The third-order valence-electron chi connectivity index (χ3n) is 3.34. The number of guanidine groups is 1. The second kappa shape index (κ2) is 9.71. The first-order valence-corrected chi connectivity index (χ1v) is 7.83. The summed E-state index contributed by atoms with van der Waals surface area (Å²) in [4.78, 5) is 19.5. The van der Waals surface area contributed by atoms with Crippen LogP contribution in [0.25, 0.3) is 0 Å². The van der Waals surface area contributed by atoms with Crippen molar-refractivity contribution in [2.24, 2.45) is 4.99 Å². The van der Waals surface area contributed by atoms with Gasteiger partial charge >= 0.3 is 0 Å². The summed E-state index contributed by atoms with van der Waals surface area (Å²) in [6.45, 7) is 6.14. The zero-order chi connectivity index (χ0) is 17.2. The fourth-order valence-electron chi connectivity index (χ4n) is 1.87. The van der Waals surface area contributed by atoms with Gasteiger partial charge in [-0.3, -0.25) is 4.79 Å². The van der Waals surface area contributed by atoms with E-state index >= 15 is 0 Å². The van der Waals surface area contributed by atoms with Gasteiger partial charge in [0, 0.05) is 27.7 Å². The number of carbonyl (C=O) groups excluding carboxylic acids is 1. The average molecular weight is 320 g/mol. The molecule has 0 unspecified atom stereocenters. The van der Waals surface area contributed by atoms with Crippen LogP contribution in [-0.4, -0.2) is 69.1 Å². The average Bonchev–Trinajstić information content (AvgIpc) is 2.52. The standard InChI is InChI=1S/C17H28N4O2/c1-6-18-17(19-13-16(22)20(3)4)21(5)11-12-23-15-10-8-7-9-14(15)2/h7-10H,6,11-13H2,1-5H3,(H,18,19). The van der Waals surface area contributed by atoms with Gasteiger partial charge in [-0.15, -0.1) is 0 Å². The summed E-state index contributed by atoms with van der Waals surface area (Å²) in [6.07, 6.45) is 0. The predicted octanol–water partition coefficient (Wildman–Crippen LogP) is 1.36. The number of hydrogen-bond acceptors (Lipinski definition) is 3. The Kier molecular flexibility index (Phi) is 7.94. The molecule has 0 aliphatic rings. The van der Waals surface area contributed by atoms with Crippen LogP contribution in [0.3, 0.4) is 0 Å². The van der Waals surface area contributed by atoms with Crippen LogP contribution in [-0.2, 0) is 4.79 Å². The number of amides is 1. The van der Waals surface area contributed by atoms with Gasteiger partial charge in [0.1, 0.15) is 18.9 Å². The minimum absolute atomic E-state index is 0.0232. The van der Waals surface area contributed by atoms with Gasteiger partial charge in [-0.05, 0) is 25.5 Å². The summed E-state index contributed by atoms with van der Waals surface area (Å²) >= 11 is 0. The zero-order valence-corrected chi connectivity index (χ0v) is 14.8. The van der Waals surface area contributed by atoms with Crippen LogP contribution < -0.4 is 10.1 Å². The van der Waals surface area contributed by atoms with Crippen LogP contribution in [0.4, 0.5) is 0 Å². The molecule has 1 amide bonds. The molecule has 1 N–H and O–H groups in total. The Labute approximate surface area is 139 Å². The summed E-state index contributed by atoms with van der Waals surface area (Å²) in [6, 6.07) is 7.94. The zero-order valence-electron chi connectivity index (χ0n) is 14.8. The van der Waals surface area contributed by atoms with E-state index in [-0.39, 0.29) is 12.5 Å². The van der Waals surface area contributed by atoms with Crippen LogP contribution in [0.5, 0.6) is 5.75 Å². The summed E-state index contributed by atoms with van der Waals surface area (Å²) < 4.78 is 5.80. The predicted molar refractivity (Wildman–Crippen MR) is 94.0 cm³/mol. The summed E-state index contributed by atoms with van der Waals surface area (Å²) in [5.74, 6) is 1.58. The van der Waals surface area contributed by atoms with E-state index in [4.69, 9.17) is 4.74 Å². The SMILES string of the molecule is CCNC(=NCC(=O)N(C)C)N(C)CCOc1ccccc1C. The second-order valence-corrected chi connectivity index (χ2v) is 5.49. The maximum atomic E-state index is 11.7. The normalized spacial score (nSPS) is 11.1. The lowest BCUT2D eigenvalue weighted by Gasteiger charge is -2.22. The van der Waals surface area contributed by atoms with Gasteiger partial charge in [0.2, 0.25) is 5.91 Å². The maximum Gasteiger partial charge on any atom is 0.243 e. The highest BCUT2D eigenvalue weighted by atomic mass is 16.5. The molecular formula is C17H28N4O2. The molecule has 6 nitrogen and oxygen atoms in total. The Bertz CT molecular complexity index is 529. The first kappa shape index (κ1) is 18.8. The van der Waals surface area contributed by atoms with E-state index in [0.717, 1.165) is 17.9 Å². The first-order chi connectivity index (χ1) is 11.0. The Morgan fingerprint density at radius 1 is 1.26 bits per heavy atom. The van der Waals surface area contributed by atoms with Crippen LogP contribution in [0.1, 0.15) is 12.5 Å². The number of benzene rings is 1. The van der Waals surface area contributed by atoms with E-state index in [1.54, 1.807) is 14.1 Å². The number of nitrogens with zero attached hydrogens (tertiary/aromatic N) is 3. The summed E-state index contributed by atoms with van der Waals surface area (Å²) in [7, 11) is 5.39. The van der Waals surface area contributed by atoms with Gasteiger partial charge in [0.15, 0.2) is 5.96 Å². The van der Waals surface area contributed by atoms with E-state index < -0.39 is 0 Å². The van der Waals surface area contributed by atoms with E-state index in [1.165, 1.54) is 4.90 Å². The van der Waals surface area contributed by atoms with Crippen molar-refractivity contribution in [1.29, 1.82) is 0 Å². The largest absolute Gasteiger partial charge is 0.491 e. The van der Waals surface area contributed by atoms with Gasteiger partial charge < -0.3 is 19.9 Å². The molecule has 0 spiro atoms. The van der Waals surface area contributed by atoms with Gasteiger partial charge in [0.25, 0.3) is 0 Å². The van der Waals surface area contributed by atoms with Crippen molar-refractivity contribution in [2.75, 3.05) is 47.4 Å². The monoisotopic (exact) mass is 320 g/mol.